The fourth-order valence-electron chi connectivity index (χ4n) is 1.97. The Morgan fingerprint density at radius 2 is 2.05 bits per heavy atom. The standard InChI is InChI=1S/C15H16N2O3S/c1-20-14-10-12(16)6-7-15(14)21-9-8-11-4-2-3-5-13(11)17(18)19/h2-7,10H,8-9,16H2,1H3. The Bertz CT molecular complexity index is 647. The number of thioether (sulfide) groups is 1. The van der Waals surface area contributed by atoms with Crippen LogP contribution in [-0.2, 0) is 6.42 Å². The van der Waals surface area contributed by atoms with Crippen LogP contribution in [0.4, 0.5) is 11.4 Å². The highest BCUT2D eigenvalue weighted by molar-refractivity contribution is 7.99. The molecule has 0 aliphatic carbocycles. The van der Waals surface area contributed by atoms with E-state index in [0.717, 1.165) is 22.0 Å². The van der Waals surface area contributed by atoms with Crippen molar-refractivity contribution in [2.45, 2.75) is 11.3 Å². The van der Waals surface area contributed by atoms with Crippen molar-refractivity contribution in [1.29, 1.82) is 0 Å². The Balaban J connectivity index is 2.04. The first-order valence-electron chi connectivity index (χ1n) is 6.40. The van der Waals surface area contributed by atoms with Crippen LogP contribution in [0.1, 0.15) is 5.56 Å². The number of aryl methyl sites for hydroxylation is 1. The van der Waals surface area contributed by atoms with Crippen LogP contribution in [0.3, 0.4) is 0 Å². The zero-order valence-corrected chi connectivity index (χ0v) is 12.4. The Hall–Kier alpha value is -2.21. The molecule has 0 heterocycles. The lowest BCUT2D eigenvalue weighted by atomic mass is 10.1. The summed E-state index contributed by atoms with van der Waals surface area (Å²) >= 11 is 1.59. The van der Waals surface area contributed by atoms with Crippen molar-refractivity contribution in [3.8, 4) is 5.75 Å². The van der Waals surface area contributed by atoms with Crippen molar-refractivity contribution < 1.29 is 9.66 Å². The molecule has 0 spiro atoms. The zero-order chi connectivity index (χ0) is 15.2. The molecule has 2 N–H and O–H groups in total. The van der Waals surface area contributed by atoms with Crippen LogP contribution in [0.25, 0.3) is 0 Å². The van der Waals surface area contributed by atoms with Gasteiger partial charge in [0.2, 0.25) is 0 Å². The Labute approximate surface area is 127 Å². The predicted octanol–water partition coefficient (Wildman–Crippen LogP) is 3.52. The normalized spacial score (nSPS) is 10.3. The number of anilines is 1. The molecule has 0 unspecified atom stereocenters. The van der Waals surface area contributed by atoms with Crippen molar-refractivity contribution in [3.05, 3.63) is 58.1 Å². The molecule has 110 valence electrons. The quantitative estimate of drug-likeness (QED) is 0.382. The maximum Gasteiger partial charge on any atom is 0.272 e. The number of ether oxygens (including phenoxy) is 1. The number of nitrogen functional groups attached to an aromatic ring is 1. The van der Waals surface area contributed by atoms with E-state index in [2.05, 4.69) is 0 Å². The van der Waals surface area contributed by atoms with Crippen LogP contribution in [-0.4, -0.2) is 17.8 Å². The van der Waals surface area contributed by atoms with Gasteiger partial charge in [-0.05, 0) is 18.6 Å². The minimum absolute atomic E-state index is 0.169. The topological polar surface area (TPSA) is 78.4 Å². The minimum atomic E-state index is -0.343. The van der Waals surface area contributed by atoms with Gasteiger partial charge in [0.05, 0.1) is 12.0 Å². The third kappa shape index (κ3) is 3.88. The monoisotopic (exact) mass is 304 g/mol. The summed E-state index contributed by atoms with van der Waals surface area (Å²) in [5.41, 5.74) is 7.27. The smallest absolute Gasteiger partial charge is 0.272 e. The number of nitrogens with two attached hydrogens (primary N) is 1. The molecular weight excluding hydrogens is 288 g/mol. The fraction of sp³-hybridized carbons (Fsp3) is 0.200. The number of hydrogen-bond donors (Lipinski definition) is 1. The molecule has 2 rings (SSSR count). The maximum absolute atomic E-state index is 11.0. The highest BCUT2D eigenvalue weighted by atomic mass is 32.2. The number of para-hydroxylation sites is 1. The lowest BCUT2D eigenvalue weighted by Crippen LogP contribution is -1.97. The van der Waals surface area contributed by atoms with Crippen molar-refractivity contribution in [2.24, 2.45) is 0 Å². The van der Waals surface area contributed by atoms with Gasteiger partial charge in [-0.1, -0.05) is 18.2 Å². The first-order valence-corrected chi connectivity index (χ1v) is 7.39. The number of hydrogen-bond acceptors (Lipinski definition) is 5. The van der Waals surface area contributed by atoms with E-state index in [-0.39, 0.29) is 10.6 Å². The van der Waals surface area contributed by atoms with E-state index in [1.54, 1.807) is 37.1 Å². The molecule has 6 heteroatoms. The average molecular weight is 304 g/mol. The predicted molar refractivity (Wildman–Crippen MR) is 84.9 cm³/mol. The number of methoxy groups -OCH3 is 1. The van der Waals surface area contributed by atoms with E-state index in [4.69, 9.17) is 10.5 Å². The lowest BCUT2D eigenvalue weighted by molar-refractivity contribution is -0.385. The molecule has 0 bridgehead atoms. The van der Waals surface area contributed by atoms with Crippen LogP contribution in [0.2, 0.25) is 0 Å². The molecule has 0 saturated carbocycles. The van der Waals surface area contributed by atoms with Gasteiger partial charge in [0.1, 0.15) is 5.75 Å². The first-order chi connectivity index (χ1) is 10.1. The summed E-state index contributed by atoms with van der Waals surface area (Å²) in [6, 6.07) is 12.3. The molecule has 2 aromatic carbocycles. The van der Waals surface area contributed by atoms with E-state index >= 15 is 0 Å². The number of nitro groups is 1. The number of nitro benzene ring substituents is 1. The zero-order valence-electron chi connectivity index (χ0n) is 11.6. The van der Waals surface area contributed by atoms with Crippen molar-refractivity contribution in [1.82, 2.24) is 0 Å². The van der Waals surface area contributed by atoms with Gasteiger partial charge in [0.15, 0.2) is 0 Å². The van der Waals surface area contributed by atoms with E-state index in [1.165, 1.54) is 6.07 Å². The minimum Gasteiger partial charge on any atom is -0.496 e. The summed E-state index contributed by atoms with van der Waals surface area (Å²) in [6.07, 6.45) is 0.620. The van der Waals surface area contributed by atoms with Gasteiger partial charge in [-0.15, -0.1) is 11.8 Å². The number of nitrogens with zero attached hydrogens (tertiary/aromatic N) is 1. The second-order valence-electron chi connectivity index (χ2n) is 4.39. The van der Waals surface area contributed by atoms with Gasteiger partial charge in [0, 0.05) is 34.0 Å². The van der Waals surface area contributed by atoms with Gasteiger partial charge in [0.25, 0.3) is 5.69 Å². The van der Waals surface area contributed by atoms with Gasteiger partial charge in [-0.25, -0.2) is 0 Å². The summed E-state index contributed by atoms with van der Waals surface area (Å²) in [5, 5.41) is 11.0. The van der Waals surface area contributed by atoms with Gasteiger partial charge < -0.3 is 10.5 Å². The number of benzene rings is 2. The maximum atomic E-state index is 11.0. The van der Waals surface area contributed by atoms with Crippen molar-refractivity contribution in [2.75, 3.05) is 18.6 Å². The highest BCUT2D eigenvalue weighted by Gasteiger charge is 2.12. The molecule has 0 radical (unpaired) electrons. The Morgan fingerprint density at radius 3 is 2.76 bits per heavy atom. The molecule has 0 fully saturated rings. The van der Waals surface area contributed by atoms with E-state index in [1.807, 2.05) is 18.2 Å². The lowest BCUT2D eigenvalue weighted by Gasteiger charge is -2.09. The van der Waals surface area contributed by atoms with Gasteiger partial charge in [-0.3, -0.25) is 10.1 Å². The van der Waals surface area contributed by atoms with Crippen LogP contribution < -0.4 is 10.5 Å². The highest BCUT2D eigenvalue weighted by Crippen LogP contribution is 2.32. The second-order valence-corrected chi connectivity index (χ2v) is 5.53. The van der Waals surface area contributed by atoms with Crippen LogP contribution in [0.15, 0.2) is 47.4 Å². The Morgan fingerprint density at radius 1 is 1.29 bits per heavy atom. The number of rotatable bonds is 6. The summed E-state index contributed by atoms with van der Waals surface area (Å²) in [5.74, 6) is 1.45. The molecule has 0 atom stereocenters. The summed E-state index contributed by atoms with van der Waals surface area (Å²) in [7, 11) is 1.60. The van der Waals surface area contributed by atoms with E-state index < -0.39 is 0 Å². The van der Waals surface area contributed by atoms with Crippen LogP contribution in [0.5, 0.6) is 5.75 Å². The first kappa shape index (κ1) is 15.2. The molecule has 2 aromatic rings. The Kier molecular flexibility index (Phi) is 5.05. The van der Waals surface area contributed by atoms with E-state index in [0.29, 0.717) is 12.1 Å². The van der Waals surface area contributed by atoms with Gasteiger partial charge >= 0.3 is 0 Å². The molecule has 0 amide bonds. The SMILES string of the molecule is COc1cc(N)ccc1SCCc1ccccc1[N+](=O)[O-]. The molecule has 0 aliphatic rings. The van der Waals surface area contributed by atoms with Crippen molar-refractivity contribution in [3.63, 3.8) is 0 Å². The third-order valence-electron chi connectivity index (χ3n) is 3.00. The third-order valence-corrected chi connectivity index (χ3v) is 4.06. The largest absolute Gasteiger partial charge is 0.496 e. The molecule has 0 aliphatic heterocycles. The van der Waals surface area contributed by atoms with Crippen molar-refractivity contribution >= 4 is 23.1 Å². The second kappa shape index (κ2) is 6.99. The van der Waals surface area contributed by atoms with Gasteiger partial charge in [-0.2, -0.15) is 0 Å². The van der Waals surface area contributed by atoms with Crippen LogP contribution in [0, 0.1) is 10.1 Å². The fourth-order valence-corrected chi connectivity index (χ4v) is 2.97. The molecule has 5 nitrogen and oxygen atoms in total. The molecule has 0 saturated heterocycles. The van der Waals surface area contributed by atoms with Crippen LogP contribution >= 0.6 is 11.8 Å². The molecular formula is C15H16N2O3S. The van der Waals surface area contributed by atoms with E-state index in [9.17, 15) is 10.1 Å². The summed E-state index contributed by atoms with van der Waals surface area (Å²) in [6.45, 7) is 0. The average Bonchev–Trinajstić information content (AvgIpc) is 2.49. The summed E-state index contributed by atoms with van der Waals surface area (Å²) < 4.78 is 5.28. The molecule has 0 aromatic heterocycles. The molecule has 21 heavy (non-hydrogen) atoms. The summed E-state index contributed by atoms with van der Waals surface area (Å²) in [4.78, 5) is 11.6.